The summed E-state index contributed by atoms with van der Waals surface area (Å²) in [6, 6.07) is 15.0. The summed E-state index contributed by atoms with van der Waals surface area (Å²) in [5.74, 6) is -6.85. The molecule has 1 saturated heterocycles. The summed E-state index contributed by atoms with van der Waals surface area (Å²) >= 11 is 6.59. The molecule has 0 bridgehead atoms. The number of ether oxygens (including phenoxy) is 2. The molecule has 64 heavy (non-hydrogen) atoms. The number of rotatable bonds is 17. The molecule has 0 radical (unpaired) electrons. The first-order valence-corrected chi connectivity index (χ1v) is 19.7. The van der Waals surface area contributed by atoms with E-state index in [1.807, 2.05) is 0 Å². The summed E-state index contributed by atoms with van der Waals surface area (Å²) in [5, 5.41) is 43.4. The number of likely N-dealkylation sites (N-methyl/N-ethyl adjacent to an activating group) is 1. The average molecular weight is 898 g/mol. The number of halogens is 1. The van der Waals surface area contributed by atoms with Gasteiger partial charge in [-0.1, -0.05) is 18.5 Å². The van der Waals surface area contributed by atoms with Crippen LogP contribution in [0, 0.1) is 42.2 Å². The number of carbonyl (C=O) groups excluding carboxylic acids is 6. The molecule has 0 unspecified atom stereocenters. The largest absolute Gasteiger partial charge is 0.422 e. The van der Waals surface area contributed by atoms with Crippen molar-refractivity contribution in [3.63, 3.8) is 0 Å². The molecule has 0 aliphatic carbocycles. The fraction of sp³-hybridized carbons (Fsp3) is 0.256. The number of nitro groups is 3. The van der Waals surface area contributed by atoms with Gasteiger partial charge in [-0.3, -0.25) is 44.7 Å². The van der Waals surface area contributed by atoms with Gasteiger partial charge in [-0.2, -0.15) is 0 Å². The molecule has 1 amide bonds. The molecule has 0 saturated carbocycles. The van der Waals surface area contributed by atoms with E-state index in [0.29, 0.717) is 5.57 Å². The number of fused-ring (bicyclic) bond motifs is 1. The molecule has 2 aliphatic rings. The fourth-order valence-electron chi connectivity index (χ4n) is 7.58. The number of ketones is 2. The van der Waals surface area contributed by atoms with Crippen LogP contribution in [-0.4, -0.2) is 97.3 Å². The molecule has 21 heteroatoms. The first-order valence-electron chi connectivity index (χ1n) is 19.3. The summed E-state index contributed by atoms with van der Waals surface area (Å²) in [5.41, 5.74) is -1.37. The summed E-state index contributed by atoms with van der Waals surface area (Å²) in [4.78, 5) is 115. The first-order chi connectivity index (χ1) is 30.3. The predicted molar refractivity (Wildman–Crippen MR) is 223 cm³/mol. The Morgan fingerprint density at radius 2 is 1.28 bits per heavy atom. The van der Waals surface area contributed by atoms with Gasteiger partial charge in [-0.05, 0) is 81.0 Å². The Bertz CT molecular complexity index is 2650. The van der Waals surface area contributed by atoms with Crippen LogP contribution in [-0.2, 0) is 14.3 Å². The van der Waals surface area contributed by atoms with E-state index < -0.39 is 79.9 Å². The van der Waals surface area contributed by atoms with Crippen LogP contribution >= 0.6 is 11.6 Å². The van der Waals surface area contributed by atoms with Crippen LogP contribution in [0.15, 0.2) is 96.2 Å². The van der Waals surface area contributed by atoms with Crippen molar-refractivity contribution in [2.45, 2.75) is 38.8 Å². The highest BCUT2D eigenvalue weighted by Crippen LogP contribution is 2.47. The minimum atomic E-state index is -1.13. The van der Waals surface area contributed by atoms with Crippen LogP contribution in [0.5, 0.6) is 5.75 Å². The molecule has 0 spiro atoms. The standard InChI is InChI=1S/C43H36ClN5O15/c1-22-31(38(46-37(22)35(23(2)50)40(46)53)43(56)64-42(55)26-10-16-30(17-11-26)49(61)62)21-45(3)18-4-5-33(51)27-19-32(44)36(39(52)24-6-12-28(13-7-24)47(57)58)34(20-27)63-41(54)25-8-14-29(15-9-25)48(59)60/h6-17,19-20,22-23,35,37,50H,4-5,18,21H2,1-3H3/t22-,23+,35+,37+/m0/s1. The van der Waals surface area contributed by atoms with E-state index in [-0.39, 0.29) is 81.5 Å². The lowest BCUT2D eigenvalue weighted by Crippen LogP contribution is -2.63. The van der Waals surface area contributed by atoms with Gasteiger partial charge in [-0.25, -0.2) is 14.4 Å². The van der Waals surface area contributed by atoms with E-state index in [9.17, 15) is 64.2 Å². The van der Waals surface area contributed by atoms with Crippen molar-refractivity contribution in [2.75, 3.05) is 20.1 Å². The molecule has 6 rings (SSSR count). The summed E-state index contributed by atoms with van der Waals surface area (Å²) in [6.45, 7) is 3.51. The lowest BCUT2D eigenvalue weighted by molar-refractivity contribution is -0.385. The molecule has 2 heterocycles. The van der Waals surface area contributed by atoms with Crippen molar-refractivity contribution in [3.05, 3.63) is 159 Å². The maximum atomic E-state index is 13.7. The zero-order valence-electron chi connectivity index (χ0n) is 34.0. The molecule has 1 N–H and O–H groups in total. The molecular weight excluding hydrogens is 862 g/mol. The Morgan fingerprint density at radius 3 is 1.78 bits per heavy atom. The number of aliphatic hydroxyl groups excluding tert-OH is 1. The van der Waals surface area contributed by atoms with E-state index >= 15 is 0 Å². The molecule has 330 valence electrons. The number of non-ortho nitro benzene ring substituents is 3. The van der Waals surface area contributed by atoms with Gasteiger partial charge in [-0.15, -0.1) is 0 Å². The lowest BCUT2D eigenvalue weighted by Gasteiger charge is -2.46. The van der Waals surface area contributed by atoms with E-state index in [1.165, 1.54) is 30.0 Å². The predicted octanol–water partition coefficient (Wildman–Crippen LogP) is 5.90. The second kappa shape index (κ2) is 18.8. The second-order valence-corrected chi connectivity index (χ2v) is 15.4. The number of aliphatic hydroxyl groups is 1. The van der Waals surface area contributed by atoms with Gasteiger partial charge in [0, 0.05) is 66.4 Å². The number of Topliss-reactive ketones (excluding diaryl/α,β-unsaturated/α-hetero) is 1. The Labute approximate surface area is 367 Å². The van der Waals surface area contributed by atoms with E-state index in [2.05, 4.69) is 0 Å². The highest BCUT2D eigenvalue weighted by atomic mass is 35.5. The number of nitro benzene ring substituents is 3. The summed E-state index contributed by atoms with van der Waals surface area (Å²) in [7, 11) is 1.68. The van der Waals surface area contributed by atoms with Crippen molar-refractivity contribution in [3.8, 4) is 5.75 Å². The normalized spacial score (nSPS) is 17.0. The first kappa shape index (κ1) is 46.0. The smallest absolute Gasteiger partial charge is 0.362 e. The average Bonchev–Trinajstić information content (AvgIpc) is 3.49. The van der Waals surface area contributed by atoms with E-state index in [4.69, 9.17) is 21.1 Å². The third kappa shape index (κ3) is 9.43. The van der Waals surface area contributed by atoms with Crippen LogP contribution in [0.25, 0.3) is 0 Å². The van der Waals surface area contributed by atoms with Gasteiger partial charge in [0.2, 0.25) is 5.91 Å². The number of hydrogen-bond donors (Lipinski definition) is 1. The Hall–Kier alpha value is -7.55. The van der Waals surface area contributed by atoms with Crippen LogP contribution < -0.4 is 4.74 Å². The number of carbonyl (C=O) groups is 6. The quantitative estimate of drug-likeness (QED) is 0.0245. The molecule has 4 atom stereocenters. The van der Waals surface area contributed by atoms with Gasteiger partial charge in [0.25, 0.3) is 17.1 Å². The van der Waals surface area contributed by atoms with Crippen LogP contribution in [0.4, 0.5) is 17.1 Å². The molecule has 2 aliphatic heterocycles. The number of β-lactam (4-membered cyclic amide) rings is 1. The summed E-state index contributed by atoms with van der Waals surface area (Å²) in [6.07, 6.45) is -0.958. The van der Waals surface area contributed by atoms with Crippen molar-refractivity contribution in [1.82, 2.24) is 9.80 Å². The maximum absolute atomic E-state index is 13.7. The molecule has 1 fully saturated rings. The Balaban J connectivity index is 1.19. The SMILES string of the molecule is C[C@@H](O)[C@H]1C(=O)N2C(C(=O)OC(=O)c3ccc([N+](=O)[O-])cc3)=C(CN(C)CCCC(=O)c3cc(Cl)c(C(=O)c4ccc([N+](=O)[O-])cc4)c(OC(=O)c4ccc([N+](=O)[O-])cc4)c3)[C@H](C)[C@H]12. The Morgan fingerprint density at radius 1 is 0.781 bits per heavy atom. The topological polar surface area (TPSA) is 277 Å². The minimum Gasteiger partial charge on any atom is -0.422 e. The van der Waals surface area contributed by atoms with Crippen molar-refractivity contribution in [1.29, 1.82) is 0 Å². The zero-order chi connectivity index (χ0) is 46.7. The number of amides is 1. The summed E-state index contributed by atoms with van der Waals surface area (Å²) < 4.78 is 10.7. The molecule has 4 aromatic rings. The monoisotopic (exact) mass is 897 g/mol. The highest BCUT2D eigenvalue weighted by molar-refractivity contribution is 6.36. The van der Waals surface area contributed by atoms with E-state index in [0.717, 1.165) is 66.7 Å². The minimum absolute atomic E-state index is 0.0544. The Kier molecular flexibility index (Phi) is 13.5. The highest BCUT2D eigenvalue weighted by Gasteiger charge is 2.60. The van der Waals surface area contributed by atoms with Crippen LogP contribution in [0.2, 0.25) is 5.02 Å². The molecule has 20 nitrogen and oxygen atoms in total. The van der Waals surface area contributed by atoms with Gasteiger partial charge >= 0.3 is 17.9 Å². The third-order valence-electron chi connectivity index (χ3n) is 10.9. The van der Waals surface area contributed by atoms with Crippen molar-refractivity contribution >= 4 is 64.0 Å². The lowest BCUT2D eigenvalue weighted by atomic mass is 9.77. The third-order valence-corrected chi connectivity index (χ3v) is 11.1. The number of hydrogen-bond acceptors (Lipinski definition) is 16. The van der Waals surface area contributed by atoms with Crippen LogP contribution in [0.1, 0.15) is 73.7 Å². The number of nitrogens with zero attached hydrogens (tertiary/aromatic N) is 5. The maximum Gasteiger partial charge on any atom is 0.362 e. The second-order valence-electron chi connectivity index (χ2n) is 15.0. The van der Waals surface area contributed by atoms with Crippen LogP contribution in [0.3, 0.4) is 0 Å². The number of esters is 3. The van der Waals surface area contributed by atoms with Gasteiger partial charge in [0.05, 0.1) is 54.5 Å². The van der Waals surface area contributed by atoms with Gasteiger partial charge in [0.1, 0.15) is 11.4 Å². The van der Waals surface area contributed by atoms with Crippen molar-refractivity contribution < 1.29 is 58.1 Å². The molecule has 0 aromatic heterocycles. The van der Waals surface area contributed by atoms with E-state index in [1.54, 1.807) is 18.9 Å². The number of benzene rings is 4. The zero-order valence-corrected chi connectivity index (χ0v) is 34.8. The molecular formula is C43H36ClN5O15. The van der Waals surface area contributed by atoms with Crippen molar-refractivity contribution in [2.24, 2.45) is 11.8 Å². The van der Waals surface area contributed by atoms with Gasteiger partial charge in [0.15, 0.2) is 11.6 Å². The molecule has 4 aromatic carbocycles. The van der Waals surface area contributed by atoms with Gasteiger partial charge < -0.3 is 24.4 Å². The fourth-order valence-corrected chi connectivity index (χ4v) is 7.87.